The first-order chi connectivity index (χ1) is 17.6. The number of carbonyl (C=O) groups excluding carboxylic acids is 2. The maximum Gasteiger partial charge on any atom is 0.243 e. The first kappa shape index (κ1) is 27.3. The summed E-state index contributed by atoms with van der Waals surface area (Å²) in [5, 5.41) is 4.80. The van der Waals surface area contributed by atoms with Gasteiger partial charge in [0.25, 0.3) is 0 Å². The zero-order valence-electron chi connectivity index (χ0n) is 21.1. The lowest BCUT2D eigenvalue weighted by Crippen LogP contribution is -2.52. The number of amides is 2. The monoisotopic (exact) mass is 585 g/mol. The van der Waals surface area contributed by atoms with Crippen LogP contribution in [0.15, 0.2) is 76.1 Å². The summed E-state index contributed by atoms with van der Waals surface area (Å²) in [6.07, 6.45) is 4.03. The molecule has 3 aromatic carbocycles. The molecule has 37 heavy (non-hydrogen) atoms. The van der Waals surface area contributed by atoms with Crippen molar-refractivity contribution in [2.24, 2.45) is 0 Å². The number of nitrogens with zero attached hydrogens (tertiary/aromatic N) is 2. The van der Waals surface area contributed by atoms with E-state index in [9.17, 15) is 18.0 Å². The summed E-state index contributed by atoms with van der Waals surface area (Å²) >= 11 is 3.45. The Balaban J connectivity index is 1.54. The number of nitrogens with one attached hydrogen (secondary N) is 1. The molecule has 3 aromatic rings. The summed E-state index contributed by atoms with van der Waals surface area (Å²) in [4.78, 5) is 28.2. The largest absolute Gasteiger partial charge is 0.352 e. The third kappa shape index (κ3) is 6.58. The van der Waals surface area contributed by atoms with E-state index in [1.807, 2.05) is 48.5 Å². The Morgan fingerprint density at radius 1 is 1.00 bits per heavy atom. The van der Waals surface area contributed by atoms with E-state index in [1.165, 1.54) is 11.9 Å². The molecule has 4 rings (SSSR count). The van der Waals surface area contributed by atoms with Gasteiger partial charge in [0.1, 0.15) is 6.04 Å². The van der Waals surface area contributed by atoms with Gasteiger partial charge in [-0.2, -0.15) is 4.31 Å². The van der Waals surface area contributed by atoms with Gasteiger partial charge in [-0.3, -0.25) is 9.59 Å². The van der Waals surface area contributed by atoms with Gasteiger partial charge in [-0.15, -0.1) is 0 Å². The molecule has 196 valence electrons. The topological polar surface area (TPSA) is 86.8 Å². The van der Waals surface area contributed by atoms with Crippen molar-refractivity contribution >= 4 is 48.5 Å². The van der Waals surface area contributed by atoms with Crippen LogP contribution in [-0.4, -0.2) is 55.1 Å². The van der Waals surface area contributed by atoms with E-state index in [0.717, 1.165) is 50.8 Å². The van der Waals surface area contributed by atoms with Crippen LogP contribution in [0.2, 0.25) is 0 Å². The molecule has 0 heterocycles. The number of rotatable bonds is 9. The Morgan fingerprint density at radius 2 is 1.70 bits per heavy atom. The molecule has 1 aliphatic carbocycles. The van der Waals surface area contributed by atoms with E-state index >= 15 is 0 Å². The standard InChI is InChI=1S/C28H32BrN3O4S/c1-20(28(34)30-25-12-5-6-13-25)32(18-21-8-7-11-24(29)16-21)27(33)19-31(2)37(35,36)26-15-14-22-9-3-4-10-23(22)17-26/h3-4,7-11,14-17,20,25H,5-6,12-13,18-19H2,1-2H3,(H,30,34). The quantitative estimate of drug-likeness (QED) is 0.394. The van der Waals surface area contributed by atoms with Gasteiger partial charge in [-0.1, -0.05) is 71.2 Å². The minimum absolute atomic E-state index is 0.118. The molecule has 0 aromatic heterocycles. The van der Waals surface area contributed by atoms with Crippen LogP contribution in [0.1, 0.15) is 38.2 Å². The van der Waals surface area contributed by atoms with E-state index in [-0.39, 0.29) is 29.9 Å². The van der Waals surface area contributed by atoms with Crippen molar-refractivity contribution in [3.8, 4) is 0 Å². The fraction of sp³-hybridized carbons (Fsp3) is 0.357. The average molecular weight is 587 g/mol. The predicted octanol–water partition coefficient (Wildman–Crippen LogP) is 4.70. The predicted molar refractivity (Wildman–Crippen MR) is 148 cm³/mol. The Bertz CT molecular complexity index is 1390. The molecule has 2 amide bonds. The molecule has 1 unspecified atom stereocenters. The third-order valence-electron chi connectivity index (χ3n) is 6.90. The molecule has 1 aliphatic rings. The summed E-state index contributed by atoms with van der Waals surface area (Å²) in [6, 6.07) is 19.3. The number of benzene rings is 3. The first-order valence-corrected chi connectivity index (χ1v) is 14.7. The smallest absolute Gasteiger partial charge is 0.243 e. The second kappa shape index (κ2) is 11.8. The summed E-state index contributed by atoms with van der Waals surface area (Å²) < 4.78 is 28.6. The fourth-order valence-corrected chi connectivity index (χ4v) is 6.28. The molecular weight excluding hydrogens is 554 g/mol. The van der Waals surface area contributed by atoms with E-state index in [1.54, 1.807) is 25.1 Å². The van der Waals surface area contributed by atoms with E-state index in [2.05, 4.69) is 21.2 Å². The van der Waals surface area contributed by atoms with E-state index in [0.29, 0.717) is 0 Å². The highest BCUT2D eigenvalue weighted by atomic mass is 79.9. The lowest BCUT2D eigenvalue weighted by Gasteiger charge is -2.31. The van der Waals surface area contributed by atoms with Gasteiger partial charge in [-0.05, 0) is 60.4 Å². The Kier molecular flexibility index (Phi) is 8.67. The Morgan fingerprint density at radius 3 is 2.41 bits per heavy atom. The van der Waals surface area contributed by atoms with Crippen molar-refractivity contribution in [2.45, 2.75) is 56.1 Å². The summed E-state index contributed by atoms with van der Waals surface area (Å²) in [6.45, 7) is 1.49. The molecule has 9 heteroatoms. The minimum atomic E-state index is -3.93. The fourth-order valence-electron chi connectivity index (χ4n) is 4.68. The van der Waals surface area contributed by atoms with Gasteiger partial charge in [0.2, 0.25) is 21.8 Å². The molecule has 1 fully saturated rings. The lowest BCUT2D eigenvalue weighted by atomic mass is 10.1. The Hall–Kier alpha value is -2.75. The number of carbonyl (C=O) groups is 2. The van der Waals surface area contributed by atoms with Gasteiger partial charge in [0.05, 0.1) is 11.4 Å². The zero-order chi connectivity index (χ0) is 26.6. The van der Waals surface area contributed by atoms with E-state index < -0.39 is 22.0 Å². The molecule has 0 radical (unpaired) electrons. The molecular formula is C28H32BrN3O4S. The van der Waals surface area contributed by atoms with E-state index in [4.69, 9.17) is 0 Å². The van der Waals surface area contributed by atoms with Crippen LogP contribution in [0.5, 0.6) is 0 Å². The molecule has 1 N–H and O–H groups in total. The lowest BCUT2D eigenvalue weighted by molar-refractivity contribution is -0.140. The number of fused-ring (bicyclic) bond motifs is 1. The van der Waals surface area contributed by atoms with Gasteiger partial charge < -0.3 is 10.2 Å². The van der Waals surface area contributed by atoms with Crippen molar-refractivity contribution in [3.05, 3.63) is 76.8 Å². The number of hydrogen-bond acceptors (Lipinski definition) is 4. The molecule has 0 saturated heterocycles. The molecule has 0 aliphatic heterocycles. The molecule has 7 nitrogen and oxygen atoms in total. The SMILES string of the molecule is CC(C(=O)NC1CCCC1)N(Cc1cccc(Br)c1)C(=O)CN(C)S(=O)(=O)c1ccc2ccccc2c1. The van der Waals surface area contributed by atoms with Crippen LogP contribution in [0.4, 0.5) is 0 Å². The highest BCUT2D eigenvalue weighted by molar-refractivity contribution is 9.10. The van der Waals surface area contributed by atoms with Crippen molar-refractivity contribution in [3.63, 3.8) is 0 Å². The maximum absolute atomic E-state index is 13.5. The minimum Gasteiger partial charge on any atom is -0.352 e. The highest BCUT2D eigenvalue weighted by Crippen LogP contribution is 2.23. The van der Waals surface area contributed by atoms with Crippen molar-refractivity contribution in [1.82, 2.24) is 14.5 Å². The van der Waals surface area contributed by atoms with Gasteiger partial charge in [0.15, 0.2) is 0 Å². The third-order valence-corrected chi connectivity index (χ3v) is 9.19. The Labute approximate surface area is 227 Å². The van der Waals surface area contributed by atoms with Gasteiger partial charge >= 0.3 is 0 Å². The van der Waals surface area contributed by atoms with Gasteiger partial charge in [-0.25, -0.2) is 8.42 Å². The first-order valence-electron chi connectivity index (χ1n) is 12.4. The van der Waals surface area contributed by atoms with Crippen LogP contribution in [-0.2, 0) is 26.2 Å². The number of likely N-dealkylation sites (N-methyl/N-ethyl adjacent to an activating group) is 1. The molecule has 0 spiro atoms. The molecule has 0 bridgehead atoms. The summed E-state index contributed by atoms with van der Waals surface area (Å²) in [5.74, 6) is -0.670. The average Bonchev–Trinajstić information content (AvgIpc) is 3.39. The number of halogens is 1. The van der Waals surface area contributed by atoms with Crippen LogP contribution in [0, 0.1) is 0 Å². The molecule has 1 saturated carbocycles. The number of hydrogen-bond donors (Lipinski definition) is 1. The van der Waals surface area contributed by atoms with Crippen LogP contribution >= 0.6 is 15.9 Å². The van der Waals surface area contributed by atoms with Crippen LogP contribution in [0.3, 0.4) is 0 Å². The van der Waals surface area contributed by atoms with Crippen molar-refractivity contribution < 1.29 is 18.0 Å². The second-order valence-electron chi connectivity index (χ2n) is 9.59. The normalized spacial score (nSPS) is 15.1. The number of sulfonamides is 1. The van der Waals surface area contributed by atoms with Crippen molar-refractivity contribution in [1.29, 1.82) is 0 Å². The van der Waals surface area contributed by atoms with Crippen LogP contribution in [0.25, 0.3) is 10.8 Å². The van der Waals surface area contributed by atoms with Gasteiger partial charge in [0, 0.05) is 24.1 Å². The zero-order valence-corrected chi connectivity index (χ0v) is 23.5. The highest BCUT2D eigenvalue weighted by Gasteiger charge is 2.31. The van der Waals surface area contributed by atoms with Crippen LogP contribution < -0.4 is 5.32 Å². The molecule has 1 atom stereocenters. The second-order valence-corrected chi connectivity index (χ2v) is 12.5. The van der Waals surface area contributed by atoms with Crippen molar-refractivity contribution in [2.75, 3.05) is 13.6 Å². The summed E-state index contributed by atoms with van der Waals surface area (Å²) in [7, 11) is -2.53. The maximum atomic E-state index is 13.5. The summed E-state index contributed by atoms with van der Waals surface area (Å²) in [5.41, 5.74) is 0.836.